The number of anilines is 1. The average molecular weight is 606 g/mol. The number of rotatable bonds is 11. The number of primary amides is 1. The summed E-state index contributed by atoms with van der Waals surface area (Å²) in [5, 5.41) is 10.0. The van der Waals surface area contributed by atoms with E-state index in [2.05, 4.69) is 53.4 Å². The molecule has 0 aromatic carbocycles. The minimum Gasteiger partial charge on any atom is -0.369 e. The standard InChI is InChI=1S/C34H51N7O3/c1-6-24(7-2)39-34(5)18-22(8-12-29(34)31(35)42)32(43)38-26-16-27-10-11-28(17-26)41(27)30-13-9-23(19-36-30)33(44)37-25-14-15-40(20-25)21(3)4/h8-9,12-13,18-19,21,24-29,39H,6-7,10-11,14-17,20H2,1-5H3,(H2,35,42)(H,37,44)(H,38,43)/t25-,26-,27+,28-,29?,34?/m1/s1. The summed E-state index contributed by atoms with van der Waals surface area (Å²) in [4.78, 5) is 48.1. The van der Waals surface area contributed by atoms with E-state index < -0.39 is 17.4 Å². The topological polar surface area (TPSA) is 133 Å². The van der Waals surface area contributed by atoms with Gasteiger partial charge in [0, 0.05) is 61.1 Å². The molecule has 5 N–H and O–H groups in total. The van der Waals surface area contributed by atoms with Crippen LogP contribution in [0.2, 0.25) is 0 Å². The van der Waals surface area contributed by atoms with Gasteiger partial charge in [0.1, 0.15) is 5.82 Å². The van der Waals surface area contributed by atoms with Crippen molar-refractivity contribution in [2.24, 2.45) is 11.7 Å². The predicted octanol–water partition coefficient (Wildman–Crippen LogP) is 3.04. The van der Waals surface area contributed by atoms with Gasteiger partial charge in [0.15, 0.2) is 0 Å². The monoisotopic (exact) mass is 605 g/mol. The predicted molar refractivity (Wildman–Crippen MR) is 173 cm³/mol. The number of nitrogens with two attached hydrogens (primary N) is 1. The van der Waals surface area contributed by atoms with E-state index in [0.29, 0.717) is 17.2 Å². The molecule has 4 aliphatic rings. The molecule has 1 aromatic heterocycles. The number of fused-ring (bicyclic) bond motifs is 2. The maximum Gasteiger partial charge on any atom is 0.253 e. The molecule has 1 aromatic rings. The van der Waals surface area contributed by atoms with Gasteiger partial charge in [-0.2, -0.15) is 0 Å². The lowest BCUT2D eigenvalue weighted by Gasteiger charge is -2.41. The third-order valence-corrected chi connectivity index (χ3v) is 10.3. The maximum atomic E-state index is 13.5. The summed E-state index contributed by atoms with van der Waals surface area (Å²) in [5.74, 6) is -0.225. The van der Waals surface area contributed by atoms with Crippen molar-refractivity contribution in [1.29, 1.82) is 0 Å². The van der Waals surface area contributed by atoms with Crippen molar-refractivity contribution in [2.75, 3.05) is 18.0 Å². The van der Waals surface area contributed by atoms with Crippen LogP contribution < -0.4 is 26.6 Å². The number of aromatic nitrogens is 1. The summed E-state index contributed by atoms with van der Waals surface area (Å²) in [7, 11) is 0. The molecule has 6 atom stereocenters. The molecule has 3 fully saturated rings. The number of carbonyl (C=O) groups is 3. The second-order valence-electron chi connectivity index (χ2n) is 13.7. The number of amides is 3. The van der Waals surface area contributed by atoms with Crippen LogP contribution in [0.3, 0.4) is 0 Å². The highest BCUT2D eigenvalue weighted by Crippen LogP contribution is 2.39. The molecule has 2 unspecified atom stereocenters. The summed E-state index contributed by atoms with van der Waals surface area (Å²) in [5.41, 5.74) is 6.17. The number of nitrogens with zero attached hydrogens (tertiary/aromatic N) is 3. The zero-order chi connectivity index (χ0) is 31.6. The van der Waals surface area contributed by atoms with Crippen molar-refractivity contribution in [3.63, 3.8) is 0 Å². The largest absolute Gasteiger partial charge is 0.369 e. The van der Waals surface area contributed by atoms with Gasteiger partial charge in [-0.15, -0.1) is 0 Å². The third-order valence-electron chi connectivity index (χ3n) is 10.3. The molecular weight excluding hydrogens is 554 g/mol. The zero-order valence-corrected chi connectivity index (χ0v) is 27.0. The number of nitrogens with one attached hydrogen (secondary N) is 3. The molecule has 3 amide bonds. The molecule has 2 bridgehead atoms. The quantitative estimate of drug-likeness (QED) is 0.305. The van der Waals surface area contributed by atoms with E-state index in [1.54, 1.807) is 18.3 Å². The minimum absolute atomic E-state index is 0.0551. The lowest BCUT2D eigenvalue weighted by Crippen LogP contribution is -2.56. The molecule has 3 aliphatic heterocycles. The van der Waals surface area contributed by atoms with Gasteiger partial charge in [0.05, 0.1) is 17.0 Å². The zero-order valence-electron chi connectivity index (χ0n) is 27.0. The van der Waals surface area contributed by atoms with Crippen LogP contribution >= 0.6 is 0 Å². The molecule has 44 heavy (non-hydrogen) atoms. The Morgan fingerprint density at radius 3 is 2.27 bits per heavy atom. The van der Waals surface area contributed by atoms with E-state index in [0.717, 1.165) is 63.9 Å². The Balaban J connectivity index is 1.19. The molecule has 0 radical (unpaired) electrons. The minimum atomic E-state index is -0.730. The van der Waals surface area contributed by atoms with Crippen LogP contribution in [0.5, 0.6) is 0 Å². The first-order chi connectivity index (χ1) is 21.0. The van der Waals surface area contributed by atoms with Crippen molar-refractivity contribution in [3.05, 3.63) is 47.7 Å². The van der Waals surface area contributed by atoms with E-state index in [4.69, 9.17) is 10.7 Å². The second-order valence-corrected chi connectivity index (χ2v) is 13.7. The number of hydrogen-bond acceptors (Lipinski definition) is 7. The van der Waals surface area contributed by atoms with Gasteiger partial charge in [-0.1, -0.05) is 32.1 Å². The highest BCUT2D eigenvalue weighted by molar-refractivity contribution is 5.98. The fourth-order valence-corrected chi connectivity index (χ4v) is 7.71. The molecule has 0 spiro atoms. The Morgan fingerprint density at radius 1 is 1.02 bits per heavy atom. The van der Waals surface area contributed by atoms with Crippen LogP contribution in [0, 0.1) is 5.92 Å². The first-order valence-electron chi connectivity index (χ1n) is 16.6. The lowest BCUT2D eigenvalue weighted by atomic mass is 9.78. The molecular formula is C34H51N7O3. The van der Waals surface area contributed by atoms with Gasteiger partial charge in [-0.25, -0.2) is 4.98 Å². The first kappa shape index (κ1) is 32.2. The fourth-order valence-electron chi connectivity index (χ4n) is 7.71. The van der Waals surface area contributed by atoms with Crippen LogP contribution in [0.1, 0.15) is 89.9 Å². The molecule has 5 rings (SSSR count). The van der Waals surface area contributed by atoms with Crippen LogP contribution in [-0.4, -0.2) is 82.5 Å². The Kier molecular flexibility index (Phi) is 9.80. The van der Waals surface area contributed by atoms with Gasteiger partial charge in [-0.3, -0.25) is 19.3 Å². The van der Waals surface area contributed by atoms with Crippen LogP contribution in [-0.2, 0) is 9.59 Å². The summed E-state index contributed by atoms with van der Waals surface area (Å²) in [6.45, 7) is 12.4. The van der Waals surface area contributed by atoms with Crippen molar-refractivity contribution in [2.45, 2.75) is 121 Å². The van der Waals surface area contributed by atoms with Gasteiger partial charge < -0.3 is 26.6 Å². The van der Waals surface area contributed by atoms with Crippen molar-refractivity contribution < 1.29 is 14.4 Å². The SMILES string of the molecule is CCC(CC)NC1(C)C=C(C(=O)N[C@H]2C[C@H]3CC[C@@H](C2)N3c2ccc(C(=O)N[C@@H]3CCN(C(C)C)C3)cn2)C=CC1C(N)=O. The Bertz CT molecular complexity index is 1260. The lowest BCUT2D eigenvalue weighted by molar-refractivity contribution is -0.122. The Morgan fingerprint density at radius 2 is 1.70 bits per heavy atom. The molecule has 10 nitrogen and oxygen atoms in total. The van der Waals surface area contributed by atoms with Crippen molar-refractivity contribution in [3.8, 4) is 0 Å². The Hall–Kier alpha value is -3.24. The van der Waals surface area contributed by atoms with E-state index in [-0.39, 0.29) is 42.0 Å². The summed E-state index contributed by atoms with van der Waals surface area (Å²) in [6, 6.07) is 5.35. The fraction of sp³-hybridized carbons (Fsp3) is 0.647. The molecule has 0 saturated carbocycles. The van der Waals surface area contributed by atoms with Crippen molar-refractivity contribution in [1.82, 2.24) is 25.8 Å². The van der Waals surface area contributed by atoms with Crippen LogP contribution in [0.25, 0.3) is 0 Å². The van der Waals surface area contributed by atoms with E-state index in [1.807, 2.05) is 25.1 Å². The molecule has 4 heterocycles. The van der Waals surface area contributed by atoms with Gasteiger partial charge in [0.2, 0.25) is 5.91 Å². The highest BCUT2D eigenvalue weighted by atomic mass is 16.2. The van der Waals surface area contributed by atoms with Crippen LogP contribution in [0.15, 0.2) is 42.1 Å². The first-order valence-corrected chi connectivity index (χ1v) is 16.6. The molecule has 10 heteroatoms. The van der Waals surface area contributed by atoms with E-state index in [9.17, 15) is 14.4 Å². The number of hydrogen-bond donors (Lipinski definition) is 4. The highest BCUT2D eigenvalue weighted by Gasteiger charge is 2.43. The van der Waals surface area contributed by atoms with E-state index in [1.165, 1.54) is 0 Å². The molecule has 240 valence electrons. The summed E-state index contributed by atoms with van der Waals surface area (Å²) < 4.78 is 0. The summed E-state index contributed by atoms with van der Waals surface area (Å²) in [6.07, 6.45) is 13.7. The molecule has 3 saturated heterocycles. The van der Waals surface area contributed by atoms with Gasteiger partial charge in [0.25, 0.3) is 11.8 Å². The number of pyridine rings is 1. The summed E-state index contributed by atoms with van der Waals surface area (Å²) >= 11 is 0. The van der Waals surface area contributed by atoms with Gasteiger partial charge in [-0.05, 0) is 77.8 Å². The maximum absolute atomic E-state index is 13.5. The van der Waals surface area contributed by atoms with E-state index >= 15 is 0 Å². The smallest absolute Gasteiger partial charge is 0.253 e. The second kappa shape index (κ2) is 13.4. The number of carbonyl (C=O) groups excluding carboxylic acids is 3. The Labute approximate surface area is 262 Å². The van der Waals surface area contributed by atoms with Crippen LogP contribution in [0.4, 0.5) is 5.82 Å². The van der Waals surface area contributed by atoms with Crippen molar-refractivity contribution >= 4 is 23.5 Å². The third kappa shape index (κ3) is 6.86. The molecule has 1 aliphatic carbocycles. The van der Waals surface area contributed by atoms with Gasteiger partial charge >= 0.3 is 0 Å². The normalized spacial score (nSPS) is 30.1. The number of piperidine rings is 1. The average Bonchev–Trinajstić information content (AvgIpc) is 3.57. The number of likely N-dealkylation sites (tertiary alicyclic amines) is 1.